The molecule has 0 saturated heterocycles. The van der Waals surface area contributed by atoms with Gasteiger partial charge >= 0.3 is 0 Å². The molecule has 164 valence electrons. The highest BCUT2D eigenvalue weighted by Crippen LogP contribution is 2.29. The maximum Gasteiger partial charge on any atom is 0.226 e. The number of hydrogen-bond donors (Lipinski definition) is 1. The van der Waals surface area contributed by atoms with Gasteiger partial charge in [0.05, 0.1) is 6.20 Å². The van der Waals surface area contributed by atoms with E-state index in [9.17, 15) is 4.39 Å². The summed E-state index contributed by atoms with van der Waals surface area (Å²) in [5.41, 5.74) is 4.53. The van der Waals surface area contributed by atoms with Gasteiger partial charge in [-0.3, -0.25) is 5.10 Å². The second-order valence-corrected chi connectivity index (χ2v) is 8.73. The lowest BCUT2D eigenvalue weighted by atomic mass is 10.1. The molecule has 5 aromatic rings. The first-order valence-electron chi connectivity index (χ1n) is 10.5. The number of nitrogens with zero attached hydrogens (tertiary/aromatic N) is 6. The Morgan fingerprint density at radius 1 is 0.941 bits per heavy atom. The van der Waals surface area contributed by atoms with Crippen molar-refractivity contribution in [3.05, 3.63) is 93.7 Å². The molecule has 0 atom stereocenters. The monoisotopic (exact) mass is 511 g/mol. The van der Waals surface area contributed by atoms with Crippen molar-refractivity contribution in [3.63, 3.8) is 0 Å². The van der Waals surface area contributed by atoms with E-state index in [4.69, 9.17) is 4.98 Å². The summed E-state index contributed by atoms with van der Waals surface area (Å²) in [6, 6.07) is 12.9. The molecule has 1 N–H and O–H groups in total. The number of rotatable bonds is 2. The quantitative estimate of drug-likeness (QED) is 0.348. The predicted molar refractivity (Wildman–Crippen MR) is 129 cm³/mol. The number of hydrogen-bond acceptors (Lipinski definition) is 6. The Kier molecular flexibility index (Phi) is 5.00. The van der Waals surface area contributed by atoms with Crippen LogP contribution in [0.15, 0.2) is 65.5 Å². The van der Waals surface area contributed by atoms with E-state index in [1.54, 1.807) is 36.8 Å². The zero-order chi connectivity index (χ0) is 23.1. The fraction of sp³-hybridized carbons (Fsp3) is 0.0800. The Morgan fingerprint density at radius 3 is 2.76 bits per heavy atom. The second kappa shape index (κ2) is 8.32. The smallest absolute Gasteiger partial charge is 0.226 e. The minimum absolute atomic E-state index is 0.364. The van der Waals surface area contributed by atoms with Gasteiger partial charge in [0, 0.05) is 40.9 Å². The van der Waals surface area contributed by atoms with E-state index in [1.807, 2.05) is 6.07 Å². The van der Waals surface area contributed by atoms with Crippen molar-refractivity contribution in [2.75, 3.05) is 4.90 Å². The van der Waals surface area contributed by atoms with Gasteiger partial charge in [-0.1, -0.05) is 27.9 Å². The molecule has 4 heterocycles. The highest BCUT2D eigenvalue weighted by Gasteiger charge is 2.21. The topological polar surface area (TPSA) is 83.5 Å². The number of benzene rings is 2. The average molecular weight is 512 g/mol. The molecule has 0 saturated carbocycles. The molecule has 1 aliphatic heterocycles. The van der Waals surface area contributed by atoms with Gasteiger partial charge in [-0.15, -0.1) is 0 Å². The molecule has 0 aliphatic carbocycles. The summed E-state index contributed by atoms with van der Waals surface area (Å²) in [5.74, 6) is 6.63. The first-order valence-corrected chi connectivity index (χ1v) is 11.2. The molecule has 0 fully saturated rings. The van der Waals surface area contributed by atoms with E-state index in [1.165, 1.54) is 17.2 Å². The minimum Gasteiger partial charge on any atom is -0.332 e. The third kappa shape index (κ3) is 3.89. The van der Waals surface area contributed by atoms with Crippen LogP contribution in [0.5, 0.6) is 0 Å². The van der Waals surface area contributed by atoms with Crippen LogP contribution < -0.4 is 4.90 Å². The zero-order valence-corrected chi connectivity index (χ0v) is 19.2. The lowest BCUT2D eigenvalue weighted by Crippen LogP contribution is -2.17. The van der Waals surface area contributed by atoms with Crippen LogP contribution in [0.4, 0.5) is 10.3 Å². The molecular weight excluding hydrogens is 497 g/mol. The first-order chi connectivity index (χ1) is 16.6. The molecule has 0 radical (unpaired) electrons. The number of aromatic amines is 1. The second-order valence-electron chi connectivity index (χ2n) is 7.82. The fourth-order valence-corrected chi connectivity index (χ4v) is 4.31. The minimum atomic E-state index is -0.396. The van der Waals surface area contributed by atoms with E-state index < -0.39 is 5.82 Å². The van der Waals surface area contributed by atoms with Gasteiger partial charge in [0.25, 0.3) is 0 Å². The van der Waals surface area contributed by atoms with Crippen LogP contribution in [-0.2, 0) is 13.1 Å². The van der Waals surface area contributed by atoms with Crippen molar-refractivity contribution in [3.8, 4) is 23.4 Å². The molecule has 3 aromatic heterocycles. The van der Waals surface area contributed by atoms with E-state index in [0.717, 1.165) is 17.6 Å². The molecule has 6 rings (SSSR count). The van der Waals surface area contributed by atoms with E-state index in [-0.39, 0.29) is 0 Å². The van der Waals surface area contributed by atoms with Crippen LogP contribution in [0, 0.1) is 17.7 Å². The van der Waals surface area contributed by atoms with Crippen molar-refractivity contribution in [1.82, 2.24) is 30.1 Å². The Labute approximate surface area is 202 Å². The van der Waals surface area contributed by atoms with Crippen molar-refractivity contribution in [2.24, 2.45) is 0 Å². The van der Waals surface area contributed by atoms with Crippen LogP contribution >= 0.6 is 15.9 Å². The normalized spacial score (nSPS) is 12.5. The van der Waals surface area contributed by atoms with Crippen LogP contribution in [0.1, 0.15) is 22.4 Å². The average Bonchev–Trinajstić information content (AvgIpc) is 3.50. The lowest BCUT2D eigenvalue weighted by molar-refractivity contribution is 0.636. The number of fused-ring (bicyclic) bond motifs is 2. The summed E-state index contributed by atoms with van der Waals surface area (Å²) in [6.07, 6.45) is 4.91. The van der Waals surface area contributed by atoms with Gasteiger partial charge in [-0.25, -0.2) is 24.3 Å². The van der Waals surface area contributed by atoms with E-state index >= 15 is 0 Å². The number of nitrogens with one attached hydrogen (secondary N) is 1. The maximum atomic E-state index is 14.2. The lowest BCUT2D eigenvalue weighted by Gasteiger charge is -2.15. The number of halogens is 2. The Balaban J connectivity index is 1.27. The van der Waals surface area contributed by atoms with E-state index in [0.29, 0.717) is 39.6 Å². The molecule has 0 amide bonds. The van der Waals surface area contributed by atoms with Crippen molar-refractivity contribution in [2.45, 2.75) is 13.1 Å². The Bertz CT molecular complexity index is 1620. The fourth-order valence-electron chi connectivity index (χ4n) is 3.90. The van der Waals surface area contributed by atoms with Gasteiger partial charge in [-0.2, -0.15) is 5.10 Å². The molecule has 7 nitrogen and oxygen atoms in total. The van der Waals surface area contributed by atoms with Crippen LogP contribution in [0.25, 0.3) is 22.4 Å². The summed E-state index contributed by atoms with van der Waals surface area (Å²) in [7, 11) is 0. The Morgan fingerprint density at radius 2 is 1.82 bits per heavy atom. The standard InChI is InChI=1S/C25H15BrFN7/c26-19-3-2-16-13-34(14-18(16)11-19)25-29-8-6-22(32-25)24-28-7-5-20(31-24)4-1-15-9-17-12-30-33-23(17)21(27)10-15/h2-3,5-12H,13-14H2,(H,30,33). The van der Waals surface area contributed by atoms with Crippen LogP contribution in [0.2, 0.25) is 0 Å². The molecule has 1 aliphatic rings. The van der Waals surface area contributed by atoms with Crippen LogP contribution in [-0.4, -0.2) is 30.1 Å². The van der Waals surface area contributed by atoms with Crippen LogP contribution in [0.3, 0.4) is 0 Å². The maximum absolute atomic E-state index is 14.2. The third-order valence-electron chi connectivity index (χ3n) is 5.54. The first kappa shape index (κ1) is 20.4. The van der Waals surface area contributed by atoms with E-state index in [2.05, 4.69) is 70.0 Å². The van der Waals surface area contributed by atoms with Gasteiger partial charge in [0.1, 0.15) is 22.7 Å². The molecule has 0 bridgehead atoms. The summed E-state index contributed by atoms with van der Waals surface area (Å²) in [4.78, 5) is 20.2. The largest absolute Gasteiger partial charge is 0.332 e. The van der Waals surface area contributed by atoms with Gasteiger partial charge in [0.15, 0.2) is 5.82 Å². The van der Waals surface area contributed by atoms with Crippen molar-refractivity contribution >= 4 is 32.8 Å². The van der Waals surface area contributed by atoms with Gasteiger partial charge in [-0.05, 0) is 53.4 Å². The number of anilines is 1. The molecular formula is C25H15BrFN7. The molecule has 0 unspecified atom stereocenters. The Hall–Kier alpha value is -4.16. The highest BCUT2D eigenvalue weighted by atomic mass is 79.9. The zero-order valence-electron chi connectivity index (χ0n) is 17.6. The summed E-state index contributed by atoms with van der Waals surface area (Å²) < 4.78 is 15.2. The van der Waals surface area contributed by atoms with Crippen molar-refractivity contribution < 1.29 is 4.39 Å². The van der Waals surface area contributed by atoms with Gasteiger partial charge < -0.3 is 4.90 Å². The molecule has 9 heteroatoms. The predicted octanol–water partition coefficient (Wildman–Crippen LogP) is 4.63. The molecule has 0 spiro atoms. The SMILES string of the molecule is Fc1cc(C#Cc2ccnc(-c3ccnc(N4Cc5ccc(Br)cc5C4)n3)n2)cc2cn[nH]c12. The summed E-state index contributed by atoms with van der Waals surface area (Å²) >= 11 is 3.53. The summed E-state index contributed by atoms with van der Waals surface area (Å²) in [6.45, 7) is 1.48. The van der Waals surface area contributed by atoms with Crippen molar-refractivity contribution in [1.29, 1.82) is 0 Å². The highest BCUT2D eigenvalue weighted by molar-refractivity contribution is 9.10. The summed E-state index contributed by atoms with van der Waals surface area (Å²) in [5, 5.41) is 7.17. The molecule has 2 aromatic carbocycles. The molecule has 34 heavy (non-hydrogen) atoms. The number of aromatic nitrogens is 6. The third-order valence-corrected chi connectivity index (χ3v) is 6.03. The van der Waals surface area contributed by atoms with Gasteiger partial charge in [0.2, 0.25) is 5.95 Å². The number of H-pyrrole nitrogens is 1.